The van der Waals surface area contributed by atoms with Crippen LogP contribution in [0.15, 0.2) is 24.3 Å². The Morgan fingerprint density at radius 3 is 2.54 bits per heavy atom. The summed E-state index contributed by atoms with van der Waals surface area (Å²) in [5.41, 5.74) is 0.978. The van der Waals surface area contributed by atoms with Crippen LogP contribution in [-0.4, -0.2) is 61.4 Å². The van der Waals surface area contributed by atoms with Gasteiger partial charge in [-0.2, -0.15) is 13.2 Å². The molecule has 28 heavy (non-hydrogen) atoms. The van der Waals surface area contributed by atoms with E-state index >= 15 is 0 Å². The minimum absolute atomic E-state index is 0.0636. The Kier molecular flexibility index (Phi) is 7.36. The smallest absolute Gasteiger partial charge is 0.475 e. The number of carboxylic acid groups (broad SMARTS) is 1. The van der Waals surface area contributed by atoms with Crippen LogP contribution in [0.3, 0.4) is 0 Å². The number of hydrogen-bond donors (Lipinski definition) is 2. The van der Waals surface area contributed by atoms with Gasteiger partial charge in [-0.15, -0.1) is 0 Å². The fraction of sp³-hybridized carbons (Fsp3) is 0.556. The number of nitrogens with zero attached hydrogens (tertiary/aromatic N) is 1. The van der Waals surface area contributed by atoms with E-state index < -0.39 is 12.1 Å². The Bertz CT molecular complexity index is 698. The van der Waals surface area contributed by atoms with Gasteiger partial charge >= 0.3 is 12.1 Å². The molecule has 0 unspecified atom stereocenters. The van der Waals surface area contributed by atoms with Crippen LogP contribution in [0.5, 0.6) is 0 Å². The van der Waals surface area contributed by atoms with Crippen molar-refractivity contribution in [3.05, 3.63) is 35.6 Å². The van der Waals surface area contributed by atoms with E-state index in [4.69, 9.17) is 14.6 Å². The zero-order valence-corrected chi connectivity index (χ0v) is 15.2. The maximum absolute atomic E-state index is 13.3. The first-order valence-electron chi connectivity index (χ1n) is 8.68. The van der Waals surface area contributed by atoms with Crippen LogP contribution in [0, 0.1) is 23.6 Å². The summed E-state index contributed by atoms with van der Waals surface area (Å²) < 4.78 is 50.6. The van der Waals surface area contributed by atoms with E-state index in [0.29, 0.717) is 18.4 Å². The molecule has 2 aliphatic rings. The van der Waals surface area contributed by atoms with Crippen LogP contribution in [0.4, 0.5) is 17.6 Å². The van der Waals surface area contributed by atoms with Crippen molar-refractivity contribution in [3.63, 3.8) is 0 Å². The first-order chi connectivity index (χ1) is 13.1. The maximum atomic E-state index is 13.3. The molecule has 2 N–H and O–H groups in total. The Morgan fingerprint density at radius 1 is 1.29 bits per heavy atom. The summed E-state index contributed by atoms with van der Waals surface area (Å²) in [6.45, 7) is 3.75. The minimum Gasteiger partial charge on any atom is -0.475 e. The number of nitrogens with one attached hydrogen (secondary N) is 1. The third kappa shape index (κ3) is 5.90. The van der Waals surface area contributed by atoms with E-state index in [0.717, 1.165) is 31.8 Å². The van der Waals surface area contributed by atoms with Crippen molar-refractivity contribution < 1.29 is 37.0 Å². The van der Waals surface area contributed by atoms with Gasteiger partial charge in [-0.3, -0.25) is 9.69 Å². The van der Waals surface area contributed by atoms with Crippen LogP contribution >= 0.6 is 0 Å². The lowest BCUT2D eigenvalue weighted by Crippen LogP contribution is -2.43. The number of amides is 1. The number of alkyl halides is 3. The summed E-state index contributed by atoms with van der Waals surface area (Å²) in [4.78, 5) is 23.2. The minimum atomic E-state index is -5.08. The van der Waals surface area contributed by atoms with Gasteiger partial charge in [-0.05, 0) is 29.5 Å². The number of ether oxygens (including phenoxy) is 1. The van der Waals surface area contributed by atoms with Crippen molar-refractivity contribution in [3.8, 4) is 0 Å². The summed E-state index contributed by atoms with van der Waals surface area (Å²) >= 11 is 0. The number of halogens is 4. The van der Waals surface area contributed by atoms with Crippen molar-refractivity contribution >= 4 is 11.9 Å². The van der Waals surface area contributed by atoms with E-state index in [2.05, 4.69) is 10.2 Å². The Balaban J connectivity index is 0.000000345. The number of benzene rings is 1. The molecule has 156 valence electrons. The number of carbonyl (C=O) groups is 2. The maximum Gasteiger partial charge on any atom is 0.490 e. The molecule has 2 saturated heterocycles. The molecule has 3 rings (SSSR count). The van der Waals surface area contributed by atoms with Gasteiger partial charge in [0.25, 0.3) is 0 Å². The molecular weight excluding hydrogens is 384 g/mol. The topological polar surface area (TPSA) is 78.9 Å². The molecule has 0 aromatic heterocycles. The van der Waals surface area contributed by atoms with E-state index in [1.165, 1.54) is 6.07 Å². The second-order valence-electron chi connectivity index (χ2n) is 6.81. The first-order valence-corrected chi connectivity index (χ1v) is 8.68. The highest BCUT2D eigenvalue weighted by molar-refractivity contribution is 5.79. The molecule has 0 aliphatic carbocycles. The molecule has 1 amide bonds. The van der Waals surface area contributed by atoms with Crippen molar-refractivity contribution in [2.75, 3.05) is 33.4 Å². The zero-order chi connectivity index (χ0) is 20.9. The summed E-state index contributed by atoms with van der Waals surface area (Å²) in [6.07, 6.45) is -5.08. The number of hydrogen-bond acceptors (Lipinski definition) is 4. The zero-order valence-electron chi connectivity index (χ0n) is 15.2. The molecule has 0 spiro atoms. The molecule has 10 heteroatoms. The van der Waals surface area contributed by atoms with Crippen molar-refractivity contribution in [2.24, 2.45) is 17.8 Å². The van der Waals surface area contributed by atoms with E-state index in [-0.39, 0.29) is 17.6 Å². The van der Waals surface area contributed by atoms with Crippen molar-refractivity contribution in [2.45, 2.75) is 12.7 Å². The highest BCUT2D eigenvalue weighted by atomic mass is 19.4. The molecule has 0 radical (unpaired) electrons. The second-order valence-corrected chi connectivity index (χ2v) is 6.81. The third-order valence-corrected chi connectivity index (χ3v) is 4.83. The molecule has 2 aliphatic heterocycles. The molecule has 1 aromatic carbocycles. The van der Waals surface area contributed by atoms with Gasteiger partial charge in [-0.25, -0.2) is 9.18 Å². The van der Waals surface area contributed by atoms with Gasteiger partial charge in [0, 0.05) is 26.7 Å². The number of fused-ring (bicyclic) bond motifs is 1. The predicted octanol–water partition coefficient (Wildman–Crippen LogP) is 1.90. The van der Waals surface area contributed by atoms with Crippen LogP contribution in [0.1, 0.15) is 5.56 Å². The SMILES string of the molecule is CNC(=O)[C@@H]1COC[C@H]2CN(Cc3cccc(F)c3)C[C@H]21.O=C(O)C(F)(F)F. The molecule has 2 heterocycles. The van der Waals surface area contributed by atoms with Gasteiger partial charge in [-0.1, -0.05) is 12.1 Å². The first kappa shape index (κ1) is 22.1. The summed E-state index contributed by atoms with van der Waals surface area (Å²) in [7, 11) is 1.67. The molecule has 3 atom stereocenters. The van der Waals surface area contributed by atoms with Crippen LogP contribution in [-0.2, 0) is 20.9 Å². The van der Waals surface area contributed by atoms with Crippen LogP contribution in [0.25, 0.3) is 0 Å². The average Bonchev–Trinajstić information content (AvgIpc) is 3.03. The quantitative estimate of drug-likeness (QED) is 0.750. The number of rotatable bonds is 3. The number of carboxylic acids is 1. The van der Waals surface area contributed by atoms with Crippen molar-refractivity contribution in [1.82, 2.24) is 10.2 Å². The van der Waals surface area contributed by atoms with E-state index in [1.807, 2.05) is 6.07 Å². The normalized spacial score (nSPS) is 24.7. The highest BCUT2D eigenvalue weighted by Gasteiger charge is 2.43. The molecule has 1 aromatic rings. The van der Waals surface area contributed by atoms with E-state index in [1.54, 1.807) is 19.2 Å². The number of carbonyl (C=O) groups excluding carboxylic acids is 1. The fourth-order valence-corrected chi connectivity index (χ4v) is 3.57. The Labute approximate surface area is 159 Å². The molecule has 2 fully saturated rings. The van der Waals surface area contributed by atoms with Gasteiger partial charge in [0.2, 0.25) is 5.91 Å². The highest BCUT2D eigenvalue weighted by Crippen LogP contribution is 2.34. The Morgan fingerprint density at radius 2 is 1.96 bits per heavy atom. The third-order valence-electron chi connectivity index (χ3n) is 4.83. The van der Waals surface area contributed by atoms with E-state index in [9.17, 15) is 22.4 Å². The number of likely N-dealkylation sites (tertiary alicyclic amines) is 1. The average molecular weight is 406 g/mol. The van der Waals surface area contributed by atoms with Crippen molar-refractivity contribution in [1.29, 1.82) is 0 Å². The summed E-state index contributed by atoms with van der Waals surface area (Å²) in [5, 5.41) is 9.86. The van der Waals surface area contributed by atoms with Crippen LogP contribution < -0.4 is 5.32 Å². The molecule has 6 nitrogen and oxygen atoms in total. The lowest BCUT2D eigenvalue weighted by molar-refractivity contribution is -0.192. The van der Waals surface area contributed by atoms with Gasteiger partial charge in [0.1, 0.15) is 5.82 Å². The second kappa shape index (κ2) is 9.33. The Hall–Kier alpha value is -2.20. The summed E-state index contributed by atoms with van der Waals surface area (Å²) in [5.74, 6) is -2.21. The van der Waals surface area contributed by atoms with Gasteiger partial charge in [0.15, 0.2) is 0 Å². The lowest BCUT2D eigenvalue weighted by Gasteiger charge is -2.31. The molecule has 0 bridgehead atoms. The summed E-state index contributed by atoms with van der Waals surface area (Å²) in [6, 6.07) is 6.72. The van der Waals surface area contributed by atoms with Crippen LogP contribution in [0.2, 0.25) is 0 Å². The molecular formula is C18H22F4N2O4. The molecule has 0 saturated carbocycles. The largest absolute Gasteiger partial charge is 0.490 e. The van der Waals surface area contributed by atoms with Gasteiger partial charge in [0.05, 0.1) is 19.1 Å². The number of aliphatic carboxylic acids is 1. The fourth-order valence-electron chi connectivity index (χ4n) is 3.57. The predicted molar refractivity (Wildman–Crippen MR) is 90.7 cm³/mol. The van der Waals surface area contributed by atoms with Gasteiger partial charge < -0.3 is 15.2 Å². The standard InChI is InChI=1S/C16H21FN2O2.C2HF3O2/c1-18-16(20)15-10-21-9-12-7-19(8-14(12)15)6-11-3-2-4-13(17)5-11;3-2(4,5)1(6)7/h2-5,12,14-15H,6-10H2,1H3,(H,18,20);(H,6,7)/t12-,14-,15-;/m1./s1. The lowest BCUT2D eigenvalue weighted by atomic mass is 9.82. The monoisotopic (exact) mass is 406 g/mol.